The molecule has 0 aliphatic carbocycles. The number of benzene rings is 2. The first-order chi connectivity index (χ1) is 19.2. The summed E-state index contributed by atoms with van der Waals surface area (Å²) in [5.41, 5.74) is 3.45. The average molecular weight is 574 g/mol. The van der Waals surface area contributed by atoms with Gasteiger partial charge in [0.25, 0.3) is 11.5 Å². The molecule has 0 radical (unpaired) electrons. The molecular weight excluding hydrogens is 545 g/mol. The number of anilines is 2. The van der Waals surface area contributed by atoms with Crippen molar-refractivity contribution in [3.05, 3.63) is 97.4 Å². The number of thioether (sulfide) groups is 1. The molecule has 40 heavy (non-hydrogen) atoms. The molecule has 0 spiro atoms. The number of rotatable bonds is 5. The monoisotopic (exact) mass is 573 g/mol. The van der Waals surface area contributed by atoms with Crippen LogP contribution in [0.25, 0.3) is 6.08 Å². The molecule has 1 amide bonds. The van der Waals surface area contributed by atoms with Crippen molar-refractivity contribution in [3.63, 3.8) is 0 Å². The molecule has 204 valence electrons. The molecule has 2 aliphatic heterocycles. The zero-order valence-corrected chi connectivity index (χ0v) is 24.1. The standard InChI is InChI=1S/C30H28FN5O2S2/c1-19-8-10-21(11-9-19)18-36-29(38)26(40-30(36)39)16-22-20(2)23(17-32)28(37)33(3)27(22)35-14-12-34(13-15-35)25-7-5-4-6-24(25)31/h4-11,16H,12-15,18H2,1-3H3. The number of aryl methyl sites for hydroxylation is 1. The van der Waals surface area contributed by atoms with Gasteiger partial charge in [-0.3, -0.25) is 19.1 Å². The molecule has 0 atom stereocenters. The van der Waals surface area contributed by atoms with E-state index in [1.165, 1.54) is 22.4 Å². The van der Waals surface area contributed by atoms with Crippen LogP contribution in [0.5, 0.6) is 0 Å². The average Bonchev–Trinajstić information content (AvgIpc) is 3.21. The predicted octanol–water partition coefficient (Wildman–Crippen LogP) is 4.74. The van der Waals surface area contributed by atoms with Crippen LogP contribution in [0.4, 0.5) is 15.9 Å². The molecule has 3 aromatic rings. The molecule has 0 saturated carbocycles. The van der Waals surface area contributed by atoms with Crippen molar-refractivity contribution in [3.8, 4) is 6.07 Å². The van der Waals surface area contributed by atoms with E-state index in [0.29, 0.717) is 64.6 Å². The fourth-order valence-corrected chi connectivity index (χ4v) is 6.34. The molecule has 10 heteroatoms. The van der Waals surface area contributed by atoms with Crippen LogP contribution in [0.1, 0.15) is 27.8 Å². The first kappa shape index (κ1) is 27.6. The van der Waals surface area contributed by atoms with Gasteiger partial charge in [-0.2, -0.15) is 5.26 Å². The lowest BCUT2D eigenvalue weighted by molar-refractivity contribution is -0.122. The summed E-state index contributed by atoms with van der Waals surface area (Å²) in [6, 6.07) is 16.7. The number of halogens is 1. The summed E-state index contributed by atoms with van der Waals surface area (Å²) in [6.07, 6.45) is 1.75. The third kappa shape index (κ3) is 5.15. The second kappa shape index (κ2) is 11.3. The number of amides is 1. The maximum Gasteiger partial charge on any atom is 0.270 e. The summed E-state index contributed by atoms with van der Waals surface area (Å²) in [6.45, 7) is 6.26. The van der Waals surface area contributed by atoms with E-state index < -0.39 is 5.56 Å². The number of aromatic nitrogens is 1. The van der Waals surface area contributed by atoms with Crippen molar-refractivity contribution in [2.45, 2.75) is 20.4 Å². The zero-order valence-electron chi connectivity index (χ0n) is 22.5. The third-order valence-electron chi connectivity index (χ3n) is 7.35. The summed E-state index contributed by atoms with van der Waals surface area (Å²) >= 11 is 6.78. The predicted molar refractivity (Wildman–Crippen MR) is 162 cm³/mol. The van der Waals surface area contributed by atoms with Gasteiger partial charge >= 0.3 is 0 Å². The van der Waals surface area contributed by atoms with Gasteiger partial charge in [0.2, 0.25) is 0 Å². The van der Waals surface area contributed by atoms with Crippen LogP contribution in [0, 0.1) is 31.0 Å². The Morgan fingerprint density at radius 1 is 1.02 bits per heavy atom. The first-order valence-electron chi connectivity index (χ1n) is 12.9. The van der Waals surface area contributed by atoms with Crippen LogP contribution < -0.4 is 15.4 Å². The van der Waals surface area contributed by atoms with Crippen molar-refractivity contribution in [1.29, 1.82) is 5.26 Å². The van der Waals surface area contributed by atoms with Crippen molar-refractivity contribution >= 4 is 51.8 Å². The number of nitriles is 1. The number of piperazine rings is 1. The van der Waals surface area contributed by atoms with E-state index in [-0.39, 0.29) is 17.3 Å². The van der Waals surface area contributed by atoms with Crippen LogP contribution in [0.15, 0.2) is 58.2 Å². The zero-order chi connectivity index (χ0) is 28.6. The van der Waals surface area contributed by atoms with Gasteiger partial charge in [0.1, 0.15) is 27.6 Å². The molecule has 3 heterocycles. The van der Waals surface area contributed by atoms with E-state index in [0.717, 1.165) is 11.1 Å². The normalized spacial score (nSPS) is 16.7. The maximum atomic E-state index is 14.4. The molecule has 5 rings (SSSR count). The highest BCUT2D eigenvalue weighted by Gasteiger charge is 2.33. The largest absolute Gasteiger partial charge is 0.366 e. The molecule has 2 aliphatic rings. The number of hydrogen-bond acceptors (Lipinski definition) is 7. The summed E-state index contributed by atoms with van der Waals surface area (Å²) < 4.78 is 16.3. The van der Waals surface area contributed by atoms with Crippen LogP contribution in [-0.2, 0) is 18.4 Å². The summed E-state index contributed by atoms with van der Waals surface area (Å²) in [4.78, 5) is 32.7. The third-order valence-corrected chi connectivity index (χ3v) is 8.73. The second-order valence-electron chi connectivity index (χ2n) is 9.89. The summed E-state index contributed by atoms with van der Waals surface area (Å²) in [5.74, 6) is 0.141. The first-order valence-corrected chi connectivity index (χ1v) is 14.1. The van der Waals surface area contributed by atoms with Gasteiger partial charge in [0.15, 0.2) is 0 Å². The van der Waals surface area contributed by atoms with Crippen LogP contribution in [0.2, 0.25) is 0 Å². The van der Waals surface area contributed by atoms with Gasteiger partial charge in [-0.05, 0) is 43.2 Å². The van der Waals surface area contributed by atoms with Crippen molar-refractivity contribution in [2.75, 3.05) is 36.0 Å². The minimum absolute atomic E-state index is 0.0395. The highest BCUT2D eigenvalue weighted by molar-refractivity contribution is 8.26. The Balaban J connectivity index is 1.49. The number of hydrogen-bond donors (Lipinski definition) is 0. The topological polar surface area (TPSA) is 72.6 Å². The number of nitrogens with zero attached hydrogens (tertiary/aromatic N) is 5. The highest BCUT2D eigenvalue weighted by atomic mass is 32.2. The fourth-order valence-electron chi connectivity index (χ4n) is 5.11. The van der Waals surface area contributed by atoms with Gasteiger partial charge in [-0.25, -0.2) is 4.39 Å². The lowest BCUT2D eigenvalue weighted by Crippen LogP contribution is -2.48. The molecule has 1 aromatic heterocycles. The number of para-hydroxylation sites is 1. The minimum atomic E-state index is -0.393. The van der Waals surface area contributed by atoms with Gasteiger partial charge in [0.05, 0.1) is 17.1 Å². The molecular formula is C30H28FN5O2S2. The molecule has 7 nitrogen and oxygen atoms in total. The molecule has 0 bridgehead atoms. The maximum absolute atomic E-state index is 14.4. The highest BCUT2D eigenvalue weighted by Crippen LogP contribution is 2.37. The fraction of sp³-hybridized carbons (Fsp3) is 0.267. The Bertz CT molecular complexity index is 1630. The number of carbonyl (C=O) groups excluding carboxylic acids is 1. The Hall–Kier alpha value is -3.94. The van der Waals surface area contributed by atoms with Gasteiger partial charge in [-0.15, -0.1) is 0 Å². The number of carbonyl (C=O) groups is 1. The molecule has 0 N–H and O–H groups in total. The van der Waals surface area contributed by atoms with E-state index in [1.807, 2.05) is 48.2 Å². The van der Waals surface area contributed by atoms with Gasteiger partial charge in [0, 0.05) is 38.8 Å². The Labute approximate surface area is 242 Å². The van der Waals surface area contributed by atoms with Crippen LogP contribution >= 0.6 is 24.0 Å². The second-order valence-corrected chi connectivity index (χ2v) is 11.6. The van der Waals surface area contributed by atoms with Gasteiger partial charge in [-0.1, -0.05) is 65.9 Å². The molecule has 0 unspecified atom stereocenters. The van der Waals surface area contributed by atoms with E-state index in [9.17, 15) is 19.2 Å². The quantitative estimate of drug-likeness (QED) is 0.323. The van der Waals surface area contributed by atoms with Crippen molar-refractivity contribution in [2.24, 2.45) is 7.05 Å². The Morgan fingerprint density at radius 2 is 1.68 bits per heavy atom. The molecule has 2 saturated heterocycles. The van der Waals surface area contributed by atoms with Crippen molar-refractivity contribution < 1.29 is 9.18 Å². The number of thiocarbonyl (C=S) groups is 1. The van der Waals surface area contributed by atoms with E-state index in [1.54, 1.807) is 37.1 Å². The minimum Gasteiger partial charge on any atom is -0.366 e. The molecule has 2 fully saturated rings. The Kier molecular flexibility index (Phi) is 7.79. The summed E-state index contributed by atoms with van der Waals surface area (Å²) in [5, 5.41) is 9.78. The van der Waals surface area contributed by atoms with E-state index in [4.69, 9.17) is 12.2 Å². The van der Waals surface area contributed by atoms with Crippen LogP contribution in [0.3, 0.4) is 0 Å². The van der Waals surface area contributed by atoms with Crippen LogP contribution in [-0.4, -0.2) is 45.9 Å². The van der Waals surface area contributed by atoms with E-state index >= 15 is 0 Å². The SMILES string of the molecule is Cc1ccc(CN2C(=O)C(=Cc3c(C)c(C#N)c(=O)n(C)c3N3CCN(c4ccccc4F)CC3)SC2=S)cc1. The summed E-state index contributed by atoms with van der Waals surface area (Å²) in [7, 11) is 1.64. The van der Waals surface area contributed by atoms with Crippen molar-refractivity contribution in [1.82, 2.24) is 9.47 Å². The van der Waals surface area contributed by atoms with Gasteiger partial charge < -0.3 is 9.80 Å². The lowest BCUT2D eigenvalue weighted by Gasteiger charge is -2.38. The molecule has 2 aromatic carbocycles. The smallest absolute Gasteiger partial charge is 0.270 e. The Morgan fingerprint density at radius 3 is 2.33 bits per heavy atom. The number of pyridine rings is 1. The lowest BCUT2D eigenvalue weighted by atomic mass is 10.0. The van der Waals surface area contributed by atoms with E-state index in [2.05, 4.69) is 4.90 Å².